The van der Waals surface area contributed by atoms with Gasteiger partial charge in [-0.25, -0.2) is 14.4 Å². The van der Waals surface area contributed by atoms with Crippen molar-refractivity contribution in [2.45, 2.75) is 33.0 Å². The maximum absolute atomic E-state index is 13.1. The minimum Gasteiger partial charge on any atom is -0.478 e. The molecule has 0 radical (unpaired) electrons. The maximum atomic E-state index is 13.1. The number of hydrogen-bond acceptors (Lipinski definition) is 6. The van der Waals surface area contributed by atoms with Crippen LogP contribution in [0.5, 0.6) is 0 Å². The third-order valence-corrected chi connectivity index (χ3v) is 5.14. The number of carboxylic acids is 1. The van der Waals surface area contributed by atoms with E-state index in [-0.39, 0.29) is 11.1 Å². The Morgan fingerprint density at radius 1 is 0.629 bits per heavy atom. The van der Waals surface area contributed by atoms with Gasteiger partial charge < -0.3 is 19.9 Å². The standard InChI is InChI=1S/C27H25NO7/c1-16-4-10-19(11-5-16)26(32)34-22(24(29)28-21-14-8-18(3)9-15-21)23(25(30)31)35-27(33)20-12-6-17(2)7-13-20/h4-15,22-23H,1-3H3,(H,28,29)(H,30,31)/t22-,23+/m0/s1. The van der Waals surface area contributed by atoms with E-state index in [1.54, 1.807) is 48.5 Å². The molecule has 2 N–H and O–H groups in total. The predicted molar refractivity (Wildman–Crippen MR) is 128 cm³/mol. The number of nitrogens with one attached hydrogen (secondary N) is 1. The number of carbonyl (C=O) groups is 4. The Morgan fingerprint density at radius 2 is 1.00 bits per heavy atom. The van der Waals surface area contributed by atoms with E-state index in [2.05, 4.69) is 5.32 Å². The molecular weight excluding hydrogens is 450 g/mol. The molecule has 0 aliphatic rings. The fourth-order valence-corrected chi connectivity index (χ4v) is 3.09. The summed E-state index contributed by atoms with van der Waals surface area (Å²) in [6.07, 6.45) is -4.05. The van der Waals surface area contributed by atoms with Gasteiger partial charge in [0.05, 0.1) is 11.1 Å². The highest BCUT2D eigenvalue weighted by molar-refractivity contribution is 6.01. The first-order chi connectivity index (χ1) is 16.6. The van der Waals surface area contributed by atoms with Gasteiger partial charge in [-0.1, -0.05) is 53.1 Å². The van der Waals surface area contributed by atoms with Crippen molar-refractivity contribution in [1.82, 2.24) is 0 Å². The molecule has 180 valence electrons. The minimum atomic E-state index is -2.09. The number of esters is 2. The van der Waals surface area contributed by atoms with Crippen LogP contribution in [0.3, 0.4) is 0 Å². The lowest BCUT2D eigenvalue weighted by Gasteiger charge is -2.23. The monoisotopic (exact) mass is 475 g/mol. The zero-order valence-corrected chi connectivity index (χ0v) is 19.5. The van der Waals surface area contributed by atoms with Gasteiger partial charge in [-0.05, 0) is 57.2 Å². The van der Waals surface area contributed by atoms with Gasteiger partial charge in [0.2, 0.25) is 12.2 Å². The average Bonchev–Trinajstić information content (AvgIpc) is 2.83. The van der Waals surface area contributed by atoms with Crippen molar-refractivity contribution < 1.29 is 33.8 Å². The summed E-state index contributed by atoms with van der Waals surface area (Å²) >= 11 is 0. The lowest BCUT2D eigenvalue weighted by molar-refractivity contribution is -0.157. The molecule has 0 saturated heterocycles. The van der Waals surface area contributed by atoms with Gasteiger partial charge >= 0.3 is 17.9 Å². The molecule has 2 atom stereocenters. The zero-order chi connectivity index (χ0) is 25.5. The van der Waals surface area contributed by atoms with Crippen LogP contribution in [0.2, 0.25) is 0 Å². The quantitative estimate of drug-likeness (QED) is 0.471. The Morgan fingerprint density at radius 3 is 1.40 bits per heavy atom. The SMILES string of the molecule is Cc1ccc(NC(=O)[C@@H](OC(=O)c2ccc(C)cc2)[C@@H](OC(=O)c2ccc(C)cc2)C(=O)O)cc1. The van der Waals surface area contributed by atoms with Crippen molar-refractivity contribution in [2.75, 3.05) is 5.32 Å². The summed E-state index contributed by atoms with van der Waals surface area (Å²) in [5.74, 6) is -4.52. The molecule has 1 amide bonds. The number of carbonyl (C=O) groups excluding carboxylic acids is 3. The molecule has 0 unspecified atom stereocenters. The van der Waals surface area contributed by atoms with Gasteiger partial charge in [-0.2, -0.15) is 0 Å². The van der Waals surface area contributed by atoms with E-state index in [1.165, 1.54) is 24.3 Å². The normalized spacial score (nSPS) is 12.2. The number of benzene rings is 3. The molecule has 0 aliphatic carbocycles. The second-order valence-corrected chi connectivity index (χ2v) is 8.08. The molecular formula is C27H25NO7. The fourth-order valence-electron chi connectivity index (χ4n) is 3.09. The van der Waals surface area contributed by atoms with E-state index in [0.717, 1.165) is 16.7 Å². The molecule has 8 nitrogen and oxygen atoms in total. The van der Waals surface area contributed by atoms with Crippen LogP contribution < -0.4 is 5.32 Å². The number of ether oxygens (including phenoxy) is 2. The summed E-state index contributed by atoms with van der Waals surface area (Å²) in [6.45, 7) is 5.52. The van der Waals surface area contributed by atoms with Crippen molar-refractivity contribution in [2.24, 2.45) is 0 Å². The third-order valence-electron chi connectivity index (χ3n) is 5.14. The highest BCUT2D eigenvalue weighted by Crippen LogP contribution is 2.17. The topological polar surface area (TPSA) is 119 Å². The largest absolute Gasteiger partial charge is 0.478 e. The van der Waals surface area contributed by atoms with Crippen LogP contribution in [0.1, 0.15) is 37.4 Å². The Labute approximate surface area is 202 Å². The lowest BCUT2D eigenvalue weighted by atomic mass is 10.1. The van der Waals surface area contributed by atoms with E-state index in [9.17, 15) is 24.3 Å². The first kappa shape index (κ1) is 25.2. The Kier molecular flexibility index (Phi) is 7.99. The van der Waals surface area contributed by atoms with Crippen molar-refractivity contribution in [3.63, 3.8) is 0 Å². The Bertz CT molecular complexity index is 1220. The van der Waals surface area contributed by atoms with Crippen LogP contribution in [0, 0.1) is 20.8 Å². The van der Waals surface area contributed by atoms with E-state index >= 15 is 0 Å². The molecule has 3 aromatic rings. The highest BCUT2D eigenvalue weighted by atomic mass is 16.6. The van der Waals surface area contributed by atoms with Gasteiger partial charge in [0.1, 0.15) is 0 Å². The summed E-state index contributed by atoms with van der Waals surface area (Å²) in [5.41, 5.74) is 3.28. The first-order valence-corrected chi connectivity index (χ1v) is 10.8. The number of aliphatic carboxylic acids is 1. The number of hydrogen-bond donors (Lipinski definition) is 2. The molecule has 3 rings (SSSR count). The molecule has 0 aliphatic heterocycles. The van der Waals surface area contributed by atoms with Gasteiger partial charge in [0.15, 0.2) is 0 Å². The van der Waals surface area contributed by atoms with Crippen molar-refractivity contribution in [3.05, 3.63) is 101 Å². The number of aryl methyl sites for hydroxylation is 3. The van der Waals surface area contributed by atoms with Crippen molar-refractivity contribution >= 4 is 29.5 Å². The molecule has 0 spiro atoms. The summed E-state index contributed by atoms with van der Waals surface area (Å²) in [6, 6.07) is 19.3. The number of anilines is 1. The van der Waals surface area contributed by atoms with Gasteiger partial charge in [0.25, 0.3) is 5.91 Å². The van der Waals surface area contributed by atoms with E-state index in [0.29, 0.717) is 5.69 Å². The smallest absolute Gasteiger partial charge is 0.349 e. The van der Waals surface area contributed by atoms with E-state index in [4.69, 9.17) is 9.47 Å². The third kappa shape index (κ3) is 6.77. The number of amides is 1. The summed E-state index contributed by atoms with van der Waals surface area (Å²) < 4.78 is 10.5. The fraction of sp³-hybridized carbons (Fsp3) is 0.185. The van der Waals surface area contributed by atoms with Crippen LogP contribution in [0.25, 0.3) is 0 Å². The van der Waals surface area contributed by atoms with Crippen LogP contribution in [0.15, 0.2) is 72.8 Å². The van der Waals surface area contributed by atoms with Crippen LogP contribution >= 0.6 is 0 Å². The molecule has 0 heterocycles. The molecule has 0 bridgehead atoms. The Balaban J connectivity index is 1.90. The summed E-state index contributed by atoms with van der Waals surface area (Å²) in [7, 11) is 0. The molecule has 8 heteroatoms. The van der Waals surface area contributed by atoms with Gasteiger partial charge in [-0.15, -0.1) is 0 Å². The number of carboxylic acid groups (broad SMARTS) is 1. The van der Waals surface area contributed by atoms with Crippen LogP contribution in [0.4, 0.5) is 5.69 Å². The average molecular weight is 475 g/mol. The second kappa shape index (κ2) is 11.1. The number of rotatable bonds is 8. The van der Waals surface area contributed by atoms with Crippen LogP contribution in [-0.4, -0.2) is 41.1 Å². The molecule has 3 aromatic carbocycles. The van der Waals surface area contributed by atoms with Gasteiger partial charge in [0, 0.05) is 5.69 Å². The van der Waals surface area contributed by atoms with E-state index in [1.807, 2.05) is 20.8 Å². The molecule has 0 saturated carbocycles. The van der Waals surface area contributed by atoms with Crippen LogP contribution in [-0.2, 0) is 19.1 Å². The predicted octanol–water partition coefficient (Wildman–Crippen LogP) is 4.09. The molecule has 35 heavy (non-hydrogen) atoms. The minimum absolute atomic E-state index is 0.0874. The summed E-state index contributed by atoms with van der Waals surface area (Å²) in [5, 5.41) is 12.3. The first-order valence-electron chi connectivity index (χ1n) is 10.8. The second-order valence-electron chi connectivity index (χ2n) is 8.08. The van der Waals surface area contributed by atoms with Crippen molar-refractivity contribution in [3.8, 4) is 0 Å². The Hall–Kier alpha value is -4.46. The zero-order valence-electron chi connectivity index (χ0n) is 19.5. The van der Waals surface area contributed by atoms with E-state index < -0.39 is 36.0 Å². The highest BCUT2D eigenvalue weighted by Gasteiger charge is 2.41. The lowest BCUT2D eigenvalue weighted by Crippen LogP contribution is -2.48. The molecule has 0 aromatic heterocycles. The summed E-state index contributed by atoms with van der Waals surface area (Å²) in [4.78, 5) is 50.5. The van der Waals surface area contributed by atoms with Crippen molar-refractivity contribution in [1.29, 1.82) is 0 Å². The maximum Gasteiger partial charge on any atom is 0.349 e. The molecule has 0 fully saturated rings. The van der Waals surface area contributed by atoms with Gasteiger partial charge in [-0.3, -0.25) is 4.79 Å².